The molecule has 0 fully saturated rings. The van der Waals surface area contributed by atoms with E-state index in [-0.39, 0.29) is 12.2 Å². The molecular weight excluding hydrogens is 240 g/mol. The van der Waals surface area contributed by atoms with Crippen LogP contribution in [0, 0.1) is 0 Å². The summed E-state index contributed by atoms with van der Waals surface area (Å²) >= 11 is 0. The van der Waals surface area contributed by atoms with Crippen LogP contribution in [0.1, 0.15) is 16.2 Å². The Balaban J connectivity index is 2.14. The van der Waals surface area contributed by atoms with Gasteiger partial charge < -0.3 is 19.1 Å². The summed E-state index contributed by atoms with van der Waals surface area (Å²) in [5.74, 6) is 0.0197. The van der Waals surface area contributed by atoms with Crippen molar-refractivity contribution in [1.29, 1.82) is 0 Å². The van der Waals surface area contributed by atoms with Crippen molar-refractivity contribution < 1.29 is 23.9 Å². The minimum atomic E-state index is -1.03. The predicted molar refractivity (Wildman–Crippen MR) is 58.6 cm³/mol. The van der Waals surface area contributed by atoms with Crippen LogP contribution in [0.4, 0.5) is 0 Å². The second-order valence-electron chi connectivity index (χ2n) is 3.29. The van der Waals surface area contributed by atoms with Crippen molar-refractivity contribution >= 4 is 5.97 Å². The van der Waals surface area contributed by atoms with Gasteiger partial charge in [-0.15, -0.1) is 0 Å². The van der Waals surface area contributed by atoms with Crippen LogP contribution in [-0.2, 0) is 6.61 Å². The van der Waals surface area contributed by atoms with Gasteiger partial charge in [0.25, 0.3) is 5.89 Å². The molecule has 0 aliphatic rings. The highest BCUT2D eigenvalue weighted by atomic mass is 16.5. The number of carboxylic acids is 1. The van der Waals surface area contributed by atoms with E-state index in [9.17, 15) is 4.79 Å². The average Bonchev–Trinajstić information content (AvgIpc) is 2.89. The molecule has 1 aromatic carbocycles. The molecule has 0 spiro atoms. The normalized spacial score (nSPS) is 10.1. The van der Waals surface area contributed by atoms with E-state index in [0.717, 1.165) is 0 Å². The monoisotopic (exact) mass is 250 g/mol. The van der Waals surface area contributed by atoms with Crippen molar-refractivity contribution in [2.45, 2.75) is 6.61 Å². The standard InChI is InChI=1S/C11H10N2O5/c1-16-9-4-7(11(14)15)2-3-8(9)17-5-10-12-6-13-18-10/h2-4,6H,5H2,1H3,(H,14,15). The zero-order chi connectivity index (χ0) is 13.0. The van der Waals surface area contributed by atoms with E-state index in [1.54, 1.807) is 0 Å². The summed E-state index contributed by atoms with van der Waals surface area (Å²) in [7, 11) is 1.43. The Labute approximate surface area is 102 Å². The first-order valence-corrected chi connectivity index (χ1v) is 5.00. The first-order chi connectivity index (χ1) is 8.70. The maximum atomic E-state index is 10.8. The van der Waals surface area contributed by atoms with Crippen LogP contribution < -0.4 is 9.47 Å². The zero-order valence-corrected chi connectivity index (χ0v) is 9.49. The van der Waals surface area contributed by atoms with Crippen LogP contribution in [0.15, 0.2) is 29.0 Å². The maximum absolute atomic E-state index is 10.8. The first-order valence-electron chi connectivity index (χ1n) is 5.00. The third kappa shape index (κ3) is 2.57. The number of hydrogen-bond donors (Lipinski definition) is 1. The molecule has 0 aliphatic heterocycles. The number of carboxylic acid groups (broad SMARTS) is 1. The van der Waals surface area contributed by atoms with Crippen molar-refractivity contribution in [3.63, 3.8) is 0 Å². The van der Waals surface area contributed by atoms with Gasteiger partial charge in [-0.25, -0.2) is 4.79 Å². The molecule has 7 nitrogen and oxygen atoms in total. The molecule has 0 radical (unpaired) electrons. The van der Waals surface area contributed by atoms with Gasteiger partial charge in [0.2, 0.25) is 0 Å². The van der Waals surface area contributed by atoms with Crippen molar-refractivity contribution in [3.05, 3.63) is 36.0 Å². The lowest BCUT2D eigenvalue weighted by molar-refractivity contribution is 0.0696. The van der Waals surface area contributed by atoms with Gasteiger partial charge in [0.1, 0.15) is 0 Å². The summed E-state index contributed by atoms with van der Waals surface area (Å²) in [5.41, 5.74) is 0.122. The molecule has 0 amide bonds. The molecular formula is C11H10N2O5. The molecule has 18 heavy (non-hydrogen) atoms. The highest BCUT2D eigenvalue weighted by Gasteiger charge is 2.11. The number of aromatic nitrogens is 2. The molecule has 0 bridgehead atoms. The van der Waals surface area contributed by atoms with Gasteiger partial charge in [-0.2, -0.15) is 4.98 Å². The Morgan fingerprint density at radius 2 is 2.28 bits per heavy atom. The fourth-order valence-corrected chi connectivity index (χ4v) is 1.32. The zero-order valence-electron chi connectivity index (χ0n) is 9.49. The van der Waals surface area contributed by atoms with Gasteiger partial charge in [0.15, 0.2) is 24.4 Å². The average molecular weight is 250 g/mol. The summed E-state index contributed by atoms with van der Waals surface area (Å²) in [5, 5.41) is 12.3. The molecule has 0 atom stereocenters. The summed E-state index contributed by atoms with van der Waals surface area (Å²) in [6.45, 7) is 0.0861. The van der Waals surface area contributed by atoms with Crippen molar-refractivity contribution in [2.75, 3.05) is 7.11 Å². The lowest BCUT2D eigenvalue weighted by Gasteiger charge is -2.09. The third-order valence-electron chi connectivity index (χ3n) is 2.17. The molecule has 2 rings (SSSR count). The minimum Gasteiger partial charge on any atom is -0.493 e. The van der Waals surface area contributed by atoms with Gasteiger partial charge in [-0.1, -0.05) is 5.16 Å². The van der Waals surface area contributed by atoms with Crippen LogP contribution in [0.3, 0.4) is 0 Å². The predicted octanol–water partition coefficient (Wildman–Crippen LogP) is 1.36. The van der Waals surface area contributed by atoms with E-state index in [1.165, 1.54) is 31.6 Å². The van der Waals surface area contributed by atoms with Crippen LogP contribution in [0.25, 0.3) is 0 Å². The summed E-state index contributed by atoms with van der Waals surface area (Å²) in [4.78, 5) is 14.6. The summed E-state index contributed by atoms with van der Waals surface area (Å²) in [6.07, 6.45) is 1.27. The molecule has 1 heterocycles. The Bertz CT molecular complexity index is 538. The Hall–Kier alpha value is -2.57. The molecule has 94 valence electrons. The lowest BCUT2D eigenvalue weighted by atomic mass is 10.2. The number of carbonyl (C=O) groups is 1. The highest BCUT2D eigenvalue weighted by molar-refractivity contribution is 5.88. The molecule has 0 unspecified atom stereocenters. The Morgan fingerprint density at radius 1 is 1.44 bits per heavy atom. The third-order valence-corrected chi connectivity index (χ3v) is 2.17. The summed E-state index contributed by atoms with van der Waals surface area (Å²) < 4.78 is 15.2. The smallest absolute Gasteiger partial charge is 0.335 e. The van der Waals surface area contributed by atoms with Crippen LogP contribution in [-0.4, -0.2) is 28.3 Å². The van der Waals surface area contributed by atoms with Crippen molar-refractivity contribution in [1.82, 2.24) is 10.1 Å². The Morgan fingerprint density at radius 3 is 2.89 bits per heavy atom. The first kappa shape index (κ1) is 11.9. The topological polar surface area (TPSA) is 94.7 Å². The highest BCUT2D eigenvalue weighted by Crippen LogP contribution is 2.28. The van der Waals surface area contributed by atoms with E-state index in [1.807, 2.05) is 0 Å². The van der Waals surface area contributed by atoms with Gasteiger partial charge in [0.05, 0.1) is 12.7 Å². The maximum Gasteiger partial charge on any atom is 0.335 e. The minimum absolute atomic E-state index is 0.0861. The molecule has 1 aromatic heterocycles. The van der Waals surface area contributed by atoms with E-state index >= 15 is 0 Å². The van der Waals surface area contributed by atoms with Crippen molar-refractivity contribution in [3.8, 4) is 11.5 Å². The number of hydrogen-bond acceptors (Lipinski definition) is 6. The molecule has 2 aromatic rings. The molecule has 0 saturated heterocycles. The number of benzene rings is 1. The lowest BCUT2D eigenvalue weighted by Crippen LogP contribution is -2.01. The Kier molecular flexibility index (Phi) is 3.42. The quantitative estimate of drug-likeness (QED) is 0.855. The van der Waals surface area contributed by atoms with E-state index in [4.69, 9.17) is 19.1 Å². The second kappa shape index (κ2) is 5.17. The van der Waals surface area contributed by atoms with Crippen LogP contribution in [0.5, 0.6) is 11.5 Å². The van der Waals surface area contributed by atoms with Crippen LogP contribution >= 0.6 is 0 Å². The number of ether oxygens (including phenoxy) is 2. The second-order valence-corrected chi connectivity index (χ2v) is 3.29. The molecule has 0 saturated carbocycles. The van der Waals surface area contributed by atoms with E-state index < -0.39 is 5.97 Å². The largest absolute Gasteiger partial charge is 0.493 e. The molecule has 0 aliphatic carbocycles. The van der Waals surface area contributed by atoms with Gasteiger partial charge in [-0.05, 0) is 18.2 Å². The van der Waals surface area contributed by atoms with Gasteiger partial charge in [0, 0.05) is 0 Å². The van der Waals surface area contributed by atoms with Crippen molar-refractivity contribution in [2.24, 2.45) is 0 Å². The number of aromatic carboxylic acids is 1. The number of rotatable bonds is 5. The van der Waals surface area contributed by atoms with E-state index in [0.29, 0.717) is 17.4 Å². The van der Waals surface area contributed by atoms with E-state index in [2.05, 4.69) is 10.1 Å². The van der Waals surface area contributed by atoms with Gasteiger partial charge in [-0.3, -0.25) is 0 Å². The molecule has 1 N–H and O–H groups in total. The van der Waals surface area contributed by atoms with Crippen LogP contribution in [0.2, 0.25) is 0 Å². The summed E-state index contributed by atoms with van der Waals surface area (Å²) in [6, 6.07) is 4.32. The SMILES string of the molecule is COc1cc(C(=O)O)ccc1OCc1ncno1. The number of methoxy groups -OCH3 is 1. The number of nitrogens with zero attached hydrogens (tertiary/aromatic N) is 2. The van der Waals surface area contributed by atoms with Gasteiger partial charge >= 0.3 is 5.97 Å². The molecule has 7 heteroatoms. The fourth-order valence-electron chi connectivity index (χ4n) is 1.32. The fraction of sp³-hybridized carbons (Fsp3) is 0.182.